The third-order valence-corrected chi connectivity index (χ3v) is 7.01. The molecule has 7 heteroatoms. The van der Waals surface area contributed by atoms with Crippen molar-refractivity contribution in [3.8, 4) is 5.88 Å². The van der Waals surface area contributed by atoms with Crippen molar-refractivity contribution in [2.45, 2.75) is 45.8 Å². The van der Waals surface area contributed by atoms with Crippen LogP contribution in [0.3, 0.4) is 0 Å². The van der Waals surface area contributed by atoms with Crippen LogP contribution in [-0.2, 0) is 13.2 Å². The smallest absolute Gasteiger partial charge is 0.218 e. The van der Waals surface area contributed by atoms with Crippen LogP contribution >= 0.6 is 0 Å². The number of nitrogens with zero attached hydrogens (tertiary/aromatic N) is 4. The molecule has 1 fully saturated rings. The molecule has 3 N–H and O–H groups in total. The molecule has 3 aromatic heterocycles. The van der Waals surface area contributed by atoms with Crippen LogP contribution in [0.4, 0.5) is 11.6 Å². The average molecular weight is 477 g/mol. The van der Waals surface area contributed by atoms with Gasteiger partial charge in [-0.3, -0.25) is 4.98 Å². The number of hydrogen-bond acceptors (Lipinski definition) is 7. The lowest BCUT2D eigenvalue weighted by molar-refractivity contribution is 0.293. The number of rotatable bonds is 7. The van der Waals surface area contributed by atoms with Gasteiger partial charge in [-0.2, -0.15) is 0 Å². The lowest BCUT2D eigenvalue weighted by Crippen LogP contribution is -2.07. The molecule has 1 aliphatic carbocycles. The lowest BCUT2D eigenvalue weighted by Gasteiger charge is -2.15. The second-order valence-electron chi connectivity index (χ2n) is 9.54. The van der Waals surface area contributed by atoms with E-state index in [1.165, 1.54) is 35.9 Å². The Kier molecular flexibility index (Phi) is 5.60. The molecule has 6 rings (SSSR count). The Labute approximate surface area is 209 Å². The molecule has 0 bridgehead atoms. The summed E-state index contributed by atoms with van der Waals surface area (Å²) in [6.07, 6.45) is 7.83. The molecular formula is C29H28N6O. The van der Waals surface area contributed by atoms with Crippen molar-refractivity contribution in [1.82, 2.24) is 19.9 Å². The van der Waals surface area contributed by atoms with E-state index in [1.54, 1.807) is 6.20 Å². The summed E-state index contributed by atoms with van der Waals surface area (Å²) in [6.45, 7) is 5.27. The minimum Gasteiger partial charge on any atom is -0.473 e. The zero-order valence-corrected chi connectivity index (χ0v) is 20.5. The van der Waals surface area contributed by atoms with Crippen LogP contribution in [0.15, 0.2) is 61.2 Å². The van der Waals surface area contributed by atoms with Crippen molar-refractivity contribution in [3.05, 3.63) is 89.0 Å². The predicted octanol–water partition coefficient (Wildman–Crippen LogP) is 5.84. The van der Waals surface area contributed by atoms with Gasteiger partial charge in [-0.1, -0.05) is 6.07 Å². The van der Waals surface area contributed by atoms with E-state index in [4.69, 9.17) is 10.5 Å². The SMILES string of the molecule is Cc1cc2c(N)nccc2c(C)c1CNc1cc(OCc2ccc3ncc(C4CC4)cc3c2)ncn1. The van der Waals surface area contributed by atoms with E-state index < -0.39 is 0 Å². The van der Waals surface area contributed by atoms with Crippen LogP contribution in [-0.4, -0.2) is 19.9 Å². The van der Waals surface area contributed by atoms with Gasteiger partial charge in [0.25, 0.3) is 0 Å². The average Bonchev–Trinajstić information content (AvgIpc) is 3.74. The molecule has 1 saturated carbocycles. The number of fused-ring (bicyclic) bond motifs is 2. The highest BCUT2D eigenvalue weighted by molar-refractivity contribution is 5.94. The Morgan fingerprint density at radius 2 is 1.86 bits per heavy atom. The normalized spacial score (nSPS) is 13.3. The van der Waals surface area contributed by atoms with Crippen molar-refractivity contribution in [1.29, 1.82) is 0 Å². The van der Waals surface area contributed by atoms with E-state index in [-0.39, 0.29) is 0 Å². The second kappa shape index (κ2) is 9.07. The first-order valence-electron chi connectivity index (χ1n) is 12.3. The van der Waals surface area contributed by atoms with Gasteiger partial charge in [0, 0.05) is 35.8 Å². The Hall–Kier alpha value is -4.26. The van der Waals surface area contributed by atoms with Gasteiger partial charge in [-0.15, -0.1) is 0 Å². The first-order chi connectivity index (χ1) is 17.5. The monoisotopic (exact) mass is 476 g/mol. The standard InChI is InChI=1S/C29H28N6O/c1-17-9-24-23(7-8-31-29(24)30)18(2)25(17)14-33-27-12-28(35-16-34-27)36-15-19-3-6-26-21(10-19)11-22(13-32-26)20-4-5-20/h3,6-13,16,20H,4-5,14-15H2,1-2H3,(H2,30,31)(H,33,34,35). The molecule has 0 aliphatic heterocycles. The molecule has 3 heterocycles. The first-order valence-corrected chi connectivity index (χ1v) is 12.3. The topological polar surface area (TPSA) is 98.8 Å². The van der Waals surface area contributed by atoms with Gasteiger partial charge in [-0.05, 0) is 96.1 Å². The van der Waals surface area contributed by atoms with E-state index in [0.29, 0.717) is 36.6 Å². The van der Waals surface area contributed by atoms with E-state index >= 15 is 0 Å². The number of anilines is 2. The summed E-state index contributed by atoms with van der Waals surface area (Å²) in [4.78, 5) is 17.5. The Morgan fingerprint density at radius 3 is 2.72 bits per heavy atom. The molecule has 0 saturated heterocycles. The number of nitrogens with two attached hydrogens (primary N) is 1. The maximum absolute atomic E-state index is 6.08. The summed E-state index contributed by atoms with van der Waals surface area (Å²) in [7, 11) is 0. The highest BCUT2D eigenvalue weighted by Crippen LogP contribution is 2.40. The number of pyridine rings is 2. The molecule has 7 nitrogen and oxygen atoms in total. The maximum atomic E-state index is 6.08. The van der Waals surface area contributed by atoms with Crippen LogP contribution in [0, 0.1) is 13.8 Å². The number of aryl methyl sites for hydroxylation is 2. The number of benzene rings is 2. The van der Waals surface area contributed by atoms with Crippen molar-refractivity contribution in [2.24, 2.45) is 0 Å². The zero-order valence-electron chi connectivity index (χ0n) is 20.5. The third-order valence-electron chi connectivity index (χ3n) is 7.01. The number of ether oxygens (including phenoxy) is 1. The van der Waals surface area contributed by atoms with Crippen molar-refractivity contribution < 1.29 is 4.74 Å². The van der Waals surface area contributed by atoms with E-state index in [1.807, 2.05) is 18.3 Å². The minimum atomic E-state index is 0.429. The van der Waals surface area contributed by atoms with Gasteiger partial charge in [0.05, 0.1) is 5.52 Å². The zero-order chi connectivity index (χ0) is 24.6. The van der Waals surface area contributed by atoms with Crippen LogP contribution < -0.4 is 15.8 Å². The quantitative estimate of drug-likeness (QED) is 0.304. The fraction of sp³-hybridized carbons (Fsp3) is 0.241. The summed E-state index contributed by atoms with van der Waals surface area (Å²) in [5.41, 5.74) is 13.1. The van der Waals surface area contributed by atoms with Gasteiger partial charge in [0.1, 0.15) is 24.6 Å². The Bertz CT molecular complexity index is 1590. The van der Waals surface area contributed by atoms with Crippen LogP contribution in [0.5, 0.6) is 5.88 Å². The predicted molar refractivity (Wildman–Crippen MR) is 143 cm³/mol. The molecular weight excluding hydrogens is 448 g/mol. The number of nitrogens with one attached hydrogen (secondary N) is 1. The summed E-state index contributed by atoms with van der Waals surface area (Å²) in [5, 5.41) is 6.68. The lowest BCUT2D eigenvalue weighted by atomic mass is 9.96. The first kappa shape index (κ1) is 22.2. The molecule has 0 radical (unpaired) electrons. The van der Waals surface area contributed by atoms with Crippen molar-refractivity contribution >= 4 is 33.3 Å². The van der Waals surface area contributed by atoms with Crippen LogP contribution in [0.1, 0.15) is 46.6 Å². The summed E-state index contributed by atoms with van der Waals surface area (Å²) < 4.78 is 6.01. The fourth-order valence-electron chi connectivity index (χ4n) is 4.78. The minimum absolute atomic E-state index is 0.429. The van der Waals surface area contributed by atoms with E-state index in [0.717, 1.165) is 32.8 Å². The molecule has 2 aromatic carbocycles. The molecule has 1 aliphatic rings. The van der Waals surface area contributed by atoms with E-state index in [2.05, 4.69) is 69.4 Å². The summed E-state index contributed by atoms with van der Waals surface area (Å²) >= 11 is 0. The van der Waals surface area contributed by atoms with Gasteiger partial charge < -0.3 is 15.8 Å². The fourth-order valence-corrected chi connectivity index (χ4v) is 4.78. The molecule has 180 valence electrons. The van der Waals surface area contributed by atoms with E-state index in [9.17, 15) is 0 Å². The molecule has 0 amide bonds. The molecule has 36 heavy (non-hydrogen) atoms. The number of hydrogen-bond donors (Lipinski definition) is 2. The van der Waals surface area contributed by atoms with Gasteiger partial charge in [0.2, 0.25) is 5.88 Å². The second-order valence-corrected chi connectivity index (χ2v) is 9.54. The molecule has 0 unspecified atom stereocenters. The highest BCUT2D eigenvalue weighted by Gasteiger charge is 2.23. The number of nitrogen functional groups attached to an aromatic ring is 1. The highest BCUT2D eigenvalue weighted by atomic mass is 16.5. The number of aromatic nitrogens is 4. The van der Waals surface area contributed by atoms with Crippen LogP contribution in [0.25, 0.3) is 21.7 Å². The Balaban J connectivity index is 1.15. The van der Waals surface area contributed by atoms with Gasteiger partial charge in [0.15, 0.2) is 0 Å². The van der Waals surface area contributed by atoms with Crippen molar-refractivity contribution in [3.63, 3.8) is 0 Å². The van der Waals surface area contributed by atoms with Crippen LogP contribution in [0.2, 0.25) is 0 Å². The van der Waals surface area contributed by atoms with Gasteiger partial charge in [-0.25, -0.2) is 15.0 Å². The largest absolute Gasteiger partial charge is 0.473 e. The maximum Gasteiger partial charge on any atom is 0.218 e. The molecule has 0 atom stereocenters. The molecule has 0 spiro atoms. The molecule has 5 aromatic rings. The third kappa shape index (κ3) is 4.40. The summed E-state index contributed by atoms with van der Waals surface area (Å²) in [5.74, 6) is 2.49. The van der Waals surface area contributed by atoms with Crippen molar-refractivity contribution in [2.75, 3.05) is 11.1 Å². The Morgan fingerprint density at radius 1 is 0.972 bits per heavy atom. The summed E-state index contributed by atoms with van der Waals surface area (Å²) in [6, 6.07) is 14.5. The van der Waals surface area contributed by atoms with Gasteiger partial charge >= 0.3 is 0 Å².